The number of anilines is 1. The number of hydrogen-bond donors (Lipinski definition) is 2. The number of carbonyl (C=O) groups excluding carboxylic acids is 1. The summed E-state index contributed by atoms with van der Waals surface area (Å²) in [5.74, 6) is 0. The summed E-state index contributed by atoms with van der Waals surface area (Å²) < 4.78 is 5.47. The van der Waals surface area contributed by atoms with E-state index < -0.39 is 0 Å². The van der Waals surface area contributed by atoms with E-state index in [2.05, 4.69) is 21.6 Å². The standard InChI is InChI=1S/C27H34N4O2/c28-19-22-12-14-24(15-13-22)31-17-6-9-23(20-31)29-25-10-4-5-11-26(25)30-27(32)33-18-16-21-7-2-1-3-8-21/h1-3,7-8,12-15,23,25-26,29H,4-6,9-11,16-18,20H2,(H,30,32). The molecule has 3 unspecified atom stereocenters. The van der Waals surface area contributed by atoms with E-state index in [0.717, 1.165) is 51.6 Å². The highest BCUT2D eigenvalue weighted by Crippen LogP contribution is 2.24. The van der Waals surface area contributed by atoms with Crippen molar-refractivity contribution in [3.63, 3.8) is 0 Å². The molecule has 1 saturated carbocycles. The lowest BCUT2D eigenvalue weighted by Crippen LogP contribution is -2.57. The van der Waals surface area contributed by atoms with E-state index in [4.69, 9.17) is 10.00 Å². The molecule has 6 heteroatoms. The van der Waals surface area contributed by atoms with Crippen LogP contribution < -0.4 is 15.5 Å². The fraction of sp³-hybridized carbons (Fsp3) is 0.481. The van der Waals surface area contributed by atoms with Crippen molar-refractivity contribution < 1.29 is 9.53 Å². The predicted molar refractivity (Wildman–Crippen MR) is 130 cm³/mol. The second-order valence-corrected chi connectivity index (χ2v) is 9.12. The molecule has 0 bridgehead atoms. The molecular formula is C27H34N4O2. The van der Waals surface area contributed by atoms with Crippen LogP contribution in [0.4, 0.5) is 10.5 Å². The fourth-order valence-corrected chi connectivity index (χ4v) is 5.00. The van der Waals surface area contributed by atoms with E-state index in [9.17, 15) is 4.79 Å². The molecule has 3 atom stereocenters. The summed E-state index contributed by atoms with van der Waals surface area (Å²) >= 11 is 0. The Kier molecular flexibility index (Phi) is 8.21. The van der Waals surface area contributed by atoms with Gasteiger partial charge in [-0.05, 0) is 55.5 Å². The van der Waals surface area contributed by atoms with E-state index in [1.54, 1.807) is 0 Å². The van der Waals surface area contributed by atoms with Gasteiger partial charge in [-0.3, -0.25) is 0 Å². The van der Waals surface area contributed by atoms with E-state index >= 15 is 0 Å². The quantitative estimate of drug-likeness (QED) is 0.659. The number of alkyl carbamates (subject to hydrolysis) is 1. The molecule has 2 aliphatic rings. The van der Waals surface area contributed by atoms with Gasteiger partial charge in [-0.1, -0.05) is 43.2 Å². The Labute approximate surface area is 196 Å². The Hall–Kier alpha value is -3.04. The summed E-state index contributed by atoms with van der Waals surface area (Å²) in [4.78, 5) is 14.8. The molecule has 1 aliphatic heterocycles. The molecule has 2 fully saturated rings. The van der Waals surface area contributed by atoms with E-state index in [0.29, 0.717) is 18.2 Å². The van der Waals surface area contributed by atoms with E-state index in [1.165, 1.54) is 17.7 Å². The number of nitriles is 1. The average molecular weight is 447 g/mol. The number of carbonyl (C=O) groups is 1. The first kappa shape index (κ1) is 23.1. The van der Waals surface area contributed by atoms with Crippen molar-refractivity contribution in [1.82, 2.24) is 10.6 Å². The molecule has 1 heterocycles. The predicted octanol–water partition coefficient (Wildman–Crippen LogP) is 4.40. The number of rotatable bonds is 7. The maximum Gasteiger partial charge on any atom is 0.407 e. The van der Waals surface area contributed by atoms with Gasteiger partial charge in [0.15, 0.2) is 0 Å². The van der Waals surface area contributed by atoms with Crippen LogP contribution in [0.25, 0.3) is 0 Å². The SMILES string of the molecule is N#Cc1ccc(N2CCCC(NC3CCCCC3NC(=O)OCCc3ccccc3)C2)cc1. The van der Waals surface area contributed by atoms with Gasteiger partial charge in [-0.25, -0.2) is 4.79 Å². The zero-order valence-corrected chi connectivity index (χ0v) is 19.2. The van der Waals surface area contributed by atoms with Crippen molar-refractivity contribution in [3.05, 3.63) is 65.7 Å². The van der Waals surface area contributed by atoms with Gasteiger partial charge < -0.3 is 20.3 Å². The highest BCUT2D eigenvalue weighted by Gasteiger charge is 2.30. The number of piperidine rings is 1. The molecule has 4 rings (SSSR count). The third-order valence-corrected chi connectivity index (χ3v) is 6.77. The lowest BCUT2D eigenvalue weighted by atomic mass is 9.89. The highest BCUT2D eigenvalue weighted by atomic mass is 16.5. The minimum Gasteiger partial charge on any atom is -0.449 e. The van der Waals surface area contributed by atoms with E-state index in [-0.39, 0.29) is 18.2 Å². The lowest BCUT2D eigenvalue weighted by Gasteiger charge is -2.40. The van der Waals surface area contributed by atoms with Crippen molar-refractivity contribution in [3.8, 4) is 6.07 Å². The first-order valence-corrected chi connectivity index (χ1v) is 12.2. The molecular weight excluding hydrogens is 412 g/mol. The number of nitrogens with one attached hydrogen (secondary N) is 2. The molecule has 1 aliphatic carbocycles. The minimum atomic E-state index is -0.313. The Morgan fingerprint density at radius 2 is 1.76 bits per heavy atom. The first-order valence-electron chi connectivity index (χ1n) is 12.2. The third kappa shape index (κ3) is 6.72. The monoisotopic (exact) mass is 446 g/mol. The fourth-order valence-electron chi connectivity index (χ4n) is 5.00. The van der Waals surface area contributed by atoms with Gasteiger partial charge in [-0.2, -0.15) is 5.26 Å². The van der Waals surface area contributed by atoms with Gasteiger partial charge in [0.2, 0.25) is 0 Å². The number of hydrogen-bond acceptors (Lipinski definition) is 5. The van der Waals surface area contributed by atoms with Crippen LogP contribution in [-0.2, 0) is 11.2 Å². The van der Waals surface area contributed by atoms with Gasteiger partial charge in [-0.15, -0.1) is 0 Å². The third-order valence-electron chi connectivity index (χ3n) is 6.77. The Morgan fingerprint density at radius 3 is 2.52 bits per heavy atom. The largest absolute Gasteiger partial charge is 0.449 e. The van der Waals surface area contributed by atoms with Crippen molar-refractivity contribution in [2.45, 2.75) is 63.1 Å². The van der Waals surface area contributed by atoms with Crippen LogP contribution in [-0.4, -0.2) is 43.9 Å². The van der Waals surface area contributed by atoms with Crippen LogP contribution in [0.1, 0.15) is 49.7 Å². The van der Waals surface area contributed by atoms with E-state index in [1.807, 2.05) is 54.6 Å². The van der Waals surface area contributed by atoms with Crippen LogP contribution in [0.3, 0.4) is 0 Å². The Morgan fingerprint density at radius 1 is 1.00 bits per heavy atom. The maximum absolute atomic E-state index is 12.4. The number of amides is 1. The summed E-state index contributed by atoms with van der Waals surface area (Å²) in [6.45, 7) is 2.36. The van der Waals surface area contributed by atoms with Crippen molar-refractivity contribution in [2.75, 3.05) is 24.6 Å². The lowest BCUT2D eigenvalue weighted by molar-refractivity contribution is 0.135. The molecule has 33 heavy (non-hydrogen) atoms. The molecule has 174 valence electrons. The van der Waals surface area contributed by atoms with Gasteiger partial charge in [0.25, 0.3) is 0 Å². The second-order valence-electron chi connectivity index (χ2n) is 9.12. The molecule has 0 spiro atoms. The average Bonchev–Trinajstić information content (AvgIpc) is 2.86. The second kappa shape index (κ2) is 11.7. The Balaban J connectivity index is 1.26. The normalized spacial score (nSPS) is 22.9. The first-order chi connectivity index (χ1) is 16.2. The Bertz CT molecular complexity index is 925. The minimum absolute atomic E-state index is 0.105. The number of benzene rings is 2. The van der Waals surface area contributed by atoms with Gasteiger partial charge >= 0.3 is 6.09 Å². The van der Waals surface area contributed by atoms with Crippen LogP contribution in [0, 0.1) is 11.3 Å². The summed E-state index contributed by atoms with van der Waals surface area (Å²) in [7, 11) is 0. The smallest absolute Gasteiger partial charge is 0.407 e. The summed E-state index contributed by atoms with van der Waals surface area (Å²) in [6, 6.07) is 20.9. The molecule has 1 saturated heterocycles. The number of ether oxygens (including phenoxy) is 1. The maximum atomic E-state index is 12.4. The highest BCUT2D eigenvalue weighted by molar-refractivity contribution is 5.67. The molecule has 0 radical (unpaired) electrons. The molecule has 0 aromatic heterocycles. The van der Waals surface area contributed by atoms with Crippen molar-refractivity contribution >= 4 is 11.8 Å². The molecule has 6 nitrogen and oxygen atoms in total. The number of nitrogens with zero attached hydrogens (tertiary/aromatic N) is 2. The summed E-state index contributed by atoms with van der Waals surface area (Å²) in [5.41, 5.74) is 3.03. The van der Waals surface area contributed by atoms with Crippen LogP contribution in [0.15, 0.2) is 54.6 Å². The summed E-state index contributed by atoms with van der Waals surface area (Å²) in [6.07, 6.45) is 7.06. The van der Waals surface area contributed by atoms with Crippen molar-refractivity contribution in [1.29, 1.82) is 5.26 Å². The summed E-state index contributed by atoms with van der Waals surface area (Å²) in [5, 5.41) is 16.0. The van der Waals surface area contributed by atoms with Crippen LogP contribution in [0.2, 0.25) is 0 Å². The van der Waals surface area contributed by atoms with Crippen LogP contribution >= 0.6 is 0 Å². The van der Waals surface area contributed by atoms with Gasteiger partial charge in [0.05, 0.1) is 18.2 Å². The molecule has 2 N–H and O–H groups in total. The molecule has 2 aromatic carbocycles. The molecule has 1 amide bonds. The zero-order valence-electron chi connectivity index (χ0n) is 19.2. The van der Waals surface area contributed by atoms with Crippen LogP contribution in [0.5, 0.6) is 0 Å². The topological polar surface area (TPSA) is 77.4 Å². The van der Waals surface area contributed by atoms with Gasteiger partial charge in [0, 0.05) is 43.3 Å². The van der Waals surface area contributed by atoms with Crippen molar-refractivity contribution in [2.24, 2.45) is 0 Å². The van der Waals surface area contributed by atoms with Gasteiger partial charge in [0.1, 0.15) is 0 Å². The molecule has 2 aromatic rings. The zero-order chi connectivity index (χ0) is 22.9.